The summed E-state index contributed by atoms with van der Waals surface area (Å²) in [6.07, 6.45) is 1.69. The average molecular weight is 405 g/mol. The van der Waals surface area contributed by atoms with E-state index in [2.05, 4.69) is 15.4 Å². The zero-order chi connectivity index (χ0) is 21.1. The number of aromatic nitrogens is 4. The second-order valence-corrected chi connectivity index (χ2v) is 7.41. The summed E-state index contributed by atoms with van der Waals surface area (Å²) >= 11 is 0. The van der Waals surface area contributed by atoms with Crippen LogP contribution in [0.5, 0.6) is 0 Å². The van der Waals surface area contributed by atoms with Crippen LogP contribution in [-0.2, 0) is 19.6 Å². The Hall–Kier alpha value is -3.32. The van der Waals surface area contributed by atoms with Gasteiger partial charge in [0.05, 0.1) is 30.0 Å². The Balaban J connectivity index is 1.58. The average Bonchev–Trinajstić information content (AvgIpc) is 3.06. The summed E-state index contributed by atoms with van der Waals surface area (Å²) in [6, 6.07) is 14.0. The van der Waals surface area contributed by atoms with Crippen LogP contribution < -0.4 is 10.9 Å². The molecule has 4 aromatic rings. The minimum absolute atomic E-state index is 0.141. The van der Waals surface area contributed by atoms with Crippen LogP contribution in [0.15, 0.2) is 59.5 Å². The van der Waals surface area contributed by atoms with Crippen molar-refractivity contribution >= 4 is 10.9 Å². The molecular weight excluding hydrogens is 381 g/mol. The monoisotopic (exact) mass is 405 g/mol. The van der Waals surface area contributed by atoms with Gasteiger partial charge in [-0.2, -0.15) is 5.10 Å². The third-order valence-corrected chi connectivity index (χ3v) is 5.10. The van der Waals surface area contributed by atoms with Crippen LogP contribution in [0, 0.1) is 19.7 Å². The third kappa shape index (κ3) is 4.31. The molecule has 30 heavy (non-hydrogen) atoms. The van der Waals surface area contributed by atoms with Crippen molar-refractivity contribution in [3.63, 3.8) is 0 Å². The van der Waals surface area contributed by atoms with Crippen LogP contribution in [-0.4, -0.2) is 25.9 Å². The van der Waals surface area contributed by atoms with Gasteiger partial charge < -0.3 is 9.88 Å². The van der Waals surface area contributed by atoms with Crippen LogP contribution in [0.3, 0.4) is 0 Å². The molecule has 0 spiro atoms. The molecule has 0 saturated heterocycles. The lowest BCUT2D eigenvalue weighted by Crippen LogP contribution is -2.29. The maximum atomic E-state index is 13.9. The first-order valence-corrected chi connectivity index (χ1v) is 9.95. The number of halogens is 1. The van der Waals surface area contributed by atoms with Gasteiger partial charge in [0.15, 0.2) is 0 Å². The number of aryl methyl sites for hydroxylation is 2. The van der Waals surface area contributed by atoms with Gasteiger partial charge in [0.2, 0.25) is 0 Å². The van der Waals surface area contributed by atoms with Crippen LogP contribution in [0.25, 0.3) is 10.9 Å². The fraction of sp³-hybridized carbons (Fsp3) is 0.261. The molecule has 3 aromatic heterocycles. The second kappa shape index (κ2) is 8.59. The molecular formula is C23H24FN5O. The lowest BCUT2D eigenvalue weighted by atomic mass is 10.1. The van der Waals surface area contributed by atoms with E-state index in [1.54, 1.807) is 16.8 Å². The Bertz CT molecular complexity index is 1230. The summed E-state index contributed by atoms with van der Waals surface area (Å²) < 4.78 is 17.4. The molecule has 0 aliphatic heterocycles. The fourth-order valence-corrected chi connectivity index (χ4v) is 3.65. The predicted molar refractivity (Wildman–Crippen MR) is 115 cm³/mol. The van der Waals surface area contributed by atoms with E-state index in [1.165, 1.54) is 12.1 Å². The van der Waals surface area contributed by atoms with Crippen LogP contribution in [0.1, 0.15) is 22.6 Å². The highest BCUT2D eigenvalue weighted by Crippen LogP contribution is 2.16. The molecule has 0 saturated carbocycles. The van der Waals surface area contributed by atoms with E-state index < -0.39 is 0 Å². The normalized spacial score (nSPS) is 11.3. The number of pyridine rings is 2. The zero-order valence-electron chi connectivity index (χ0n) is 17.1. The standard InChI is InChI=1S/C23H24FN5O/c1-16-11-17(2)29(27-16)10-9-25-14-19-12-18-6-7-20(24)13-22(18)28(23(19)30)15-21-5-3-4-8-26-21/h3-8,11-13,25H,9-10,14-15H2,1-2H3. The Labute approximate surface area is 174 Å². The van der Waals surface area contributed by atoms with Crippen LogP contribution >= 0.6 is 0 Å². The van der Waals surface area contributed by atoms with Crippen molar-refractivity contribution in [2.24, 2.45) is 0 Å². The maximum absolute atomic E-state index is 13.9. The summed E-state index contributed by atoms with van der Waals surface area (Å²) in [5, 5.41) is 8.60. The maximum Gasteiger partial charge on any atom is 0.255 e. The molecule has 7 heteroatoms. The number of nitrogens with zero attached hydrogens (tertiary/aromatic N) is 4. The van der Waals surface area contributed by atoms with Crippen molar-refractivity contribution in [1.82, 2.24) is 24.6 Å². The molecule has 0 bridgehead atoms. The first-order valence-electron chi connectivity index (χ1n) is 9.95. The van der Waals surface area contributed by atoms with E-state index in [9.17, 15) is 9.18 Å². The second-order valence-electron chi connectivity index (χ2n) is 7.41. The molecule has 0 unspecified atom stereocenters. The molecule has 154 valence electrons. The van der Waals surface area contributed by atoms with Crippen molar-refractivity contribution in [2.45, 2.75) is 33.5 Å². The topological polar surface area (TPSA) is 64.7 Å². The highest BCUT2D eigenvalue weighted by atomic mass is 19.1. The molecule has 6 nitrogen and oxygen atoms in total. The molecule has 3 heterocycles. The molecule has 0 aliphatic rings. The molecule has 0 radical (unpaired) electrons. The largest absolute Gasteiger partial charge is 0.311 e. The van der Waals surface area contributed by atoms with Crippen molar-refractivity contribution in [3.05, 3.63) is 93.5 Å². The van der Waals surface area contributed by atoms with E-state index in [4.69, 9.17) is 0 Å². The van der Waals surface area contributed by atoms with Crippen LogP contribution in [0.4, 0.5) is 4.39 Å². The first kappa shape index (κ1) is 20.0. The zero-order valence-corrected chi connectivity index (χ0v) is 17.1. The minimum Gasteiger partial charge on any atom is -0.311 e. The Morgan fingerprint density at radius 3 is 2.70 bits per heavy atom. The SMILES string of the molecule is Cc1cc(C)n(CCNCc2cc3ccc(F)cc3n(Cc3ccccn3)c2=O)n1. The molecule has 1 N–H and O–H groups in total. The molecule has 0 amide bonds. The number of hydrogen-bond donors (Lipinski definition) is 1. The van der Waals surface area contributed by atoms with Crippen LogP contribution in [0.2, 0.25) is 0 Å². The van der Waals surface area contributed by atoms with Crippen molar-refractivity contribution < 1.29 is 4.39 Å². The van der Waals surface area contributed by atoms with E-state index >= 15 is 0 Å². The van der Waals surface area contributed by atoms with Gasteiger partial charge >= 0.3 is 0 Å². The minimum atomic E-state index is -0.368. The Morgan fingerprint density at radius 2 is 1.97 bits per heavy atom. The smallest absolute Gasteiger partial charge is 0.255 e. The van der Waals surface area contributed by atoms with Gasteiger partial charge in [-0.05, 0) is 61.7 Å². The number of benzene rings is 1. The lowest BCUT2D eigenvalue weighted by molar-refractivity contribution is 0.540. The summed E-state index contributed by atoms with van der Waals surface area (Å²) in [5.41, 5.74) is 3.92. The van der Waals surface area contributed by atoms with E-state index in [1.807, 2.05) is 48.9 Å². The third-order valence-electron chi connectivity index (χ3n) is 5.10. The van der Waals surface area contributed by atoms with Gasteiger partial charge in [-0.1, -0.05) is 6.07 Å². The van der Waals surface area contributed by atoms with Gasteiger partial charge in [0.25, 0.3) is 5.56 Å². The summed E-state index contributed by atoms with van der Waals surface area (Å²) in [4.78, 5) is 17.5. The van der Waals surface area contributed by atoms with E-state index in [0.29, 0.717) is 30.7 Å². The van der Waals surface area contributed by atoms with Gasteiger partial charge in [-0.15, -0.1) is 0 Å². The Kier molecular flexibility index (Phi) is 5.72. The molecule has 0 atom stereocenters. The lowest BCUT2D eigenvalue weighted by Gasteiger charge is -2.14. The van der Waals surface area contributed by atoms with Crippen molar-refractivity contribution in [2.75, 3.05) is 6.54 Å². The predicted octanol–water partition coefficient (Wildman–Crippen LogP) is 3.19. The number of hydrogen-bond acceptors (Lipinski definition) is 4. The van der Waals surface area contributed by atoms with Gasteiger partial charge in [0, 0.05) is 30.5 Å². The molecule has 1 aromatic carbocycles. The first-order chi connectivity index (χ1) is 14.5. The molecule has 4 rings (SSSR count). The quantitative estimate of drug-likeness (QED) is 0.480. The van der Waals surface area contributed by atoms with Crippen molar-refractivity contribution in [3.8, 4) is 0 Å². The highest BCUT2D eigenvalue weighted by Gasteiger charge is 2.11. The summed E-state index contributed by atoms with van der Waals surface area (Å²) in [6.45, 7) is 6.12. The van der Waals surface area contributed by atoms with Crippen molar-refractivity contribution in [1.29, 1.82) is 0 Å². The molecule has 0 fully saturated rings. The highest BCUT2D eigenvalue weighted by molar-refractivity contribution is 5.79. The van der Waals surface area contributed by atoms with E-state index in [0.717, 1.165) is 29.0 Å². The van der Waals surface area contributed by atoms with Gasteiger partial charge in [-0.25, -0.2) is 4.39 Å². The summed E-state index contributed by atoms with van der Waals surface area (Å²) in [5.74, 6) is -0.368. The van der Waals surface area contributed by atoms with Gasteiger partial charge in [-0.3, -0.25) is 14.5 Å². The van der Waals surface area contributed by atoms with E-state index in [-0.39, 0.29) is 11.4 Å². The molecule has 0 aliphatic carbocycles. The Morgan fingerprint density at radius 1 is 1.10 bits per heavy atom. The number of fused-ring (bicyclic) bond motifs is 1. The van der Waals surface area contributed by atoms with Gasteiger partial charge in [0.1, 0.15) is 5.82 Å². The number of nitrogens with one attached hydrogen (secondary N) is 1. The fourth-order valence-electron chi connectivity index (χ4n) is 3.65. The summed E-state index contributed by atoms with van der Waals surface area (Å²) in [7, 11) is 0. The number of rotatable bonds is 7.